The monoisotopic (exact) mass is 322 g/mol. The third-order valence-corrected chi connectivity index (χ3v) is 3.69. The Morgan fingerprint density at radius 3 is 1.61 bits per heavy atom. The van der Waals surface area contributed by atoms with E-state index in [4.69, 9.17) is 9.47 Å². The SMILES string of the molecule is CC(C)(C)Nc1nc(N2CCOCC2)nc(N2CCOCC2)n1. The molecule has 2 aliphatic heterocycles. The van der Waals surface area contributed by atoms with Crippen LogP contribution >= 0.6 is 0 Å². The third-order valence-electron chi connectivity index (χ3n) is 3.69. The van der Waals surface area contributed by atoms with Crippen LogP contribution in [0.3, 0.4) is 0 Å². The molecule has 1 aromatic rings. The van der Waals surface area contributed by atoms with E-state index in [1.807, 2.05) is 0 Å². The Kier molecular flexibility index (Phi) is 4.82. The van der Waals surface area contributed by atoms with Gasteiger partial charge in [-0.05, 0) is 20.8 Å². The van der Waals surface area contributed by atoms with Crippen LogP contribution in [-0.4, -0.2) is 73.1 Å². The number of nitrogens with zero attached hydrogens (tertiary/aromatic N) is 5. The zero-order valence-electron chi connectivity index (χ0n) is 14.2. The lowest BCUT2D eigenvalue weighted by atomic mass is 10.1. The smallest absolute Gasteiger partial charge is 0.232 e. The van der Waals surface area contributed by atoms with Gasteiger partial charge in [-0.1, -0.05) is 0 Å². The number of anilines is 3. The predicted octanol–water partition coefficient (Wildman–Crippen LogP) is 0.755. The fourth-order valence-corrected chi connectivity index (χ4v) is 2.55. The van der Waals surface area contributed by atoms with Gasteiger partial charge in [0.05, 0.1) is 26.4 Å². The lowest BCUT2D eigenvalue weighted by Crippen LogP contribution is -2.40. The molecular formula is C15H26N6O2. The normalized spacial score (nSPS) is 19.8. The topological polar surface area (TPSA) is 75.6 Å². The van der Waals surface area contributed by atoms with Crippen molar-refractivity contribution in [3.8, 4) is 0 Å². The van der Waals surface area contributed by atoms with Crippen molar-refractivity contribution in [2.75, 3.05) is 67.7 Å². The van der Waals surface area contributed by atoms with Crippen molar-refractivity contribution in [3.05, 3.63) is 0 Å². The van der Waals surface area contributed by atoms with E-state index in [1.54, 1.807) is 0 Å². The molecule has 3 rings (SSSR count). The van der Waals surface area contributed by atoms with Gasteiger partial charge in [-0.2, -0.15) is 15.0 Å². The van der Waals surface area contributed by atoms with E-state index in [0.717, 1.165) is 38.1 Å². The van der Waals surface area contributed by atoms with E-state index in [1.165, 1.54) is 0 Å². The van der Waals surface area contributed by atoms with Crippen LogP contribution in [0.2, 0.25) is 0 Å². The highest BCUT2D eigenvalue weighted by Crippen LogP contribution is 2.20. The van der Waals surface area contributed by atoms with E-state index in [2.05, 4.69) is 50.8 Å². The number of aromatic nitrogens is 3. The summed E-state index contributed by atoms with van der Waals surface area (Å²) in [5.41, 5.74) is -0.105. The summed E-state index contributed by atoms with van der Waals surface area (Å²) in [6.07, 6.45) is 0. The molecule has 0 spiro atoms. The Bertz CT molecular complexity index is 485. The summed E-state index contributed by atoms with van der Waals surface area (Å²) in [5, 5.41) is 3.36. The van der Waals surface area contributed by atoms with Crippen LogP contribution in [0.25, 0.3) is 0 Å². The molecule has 8 heteroatoms. The Balaban J connectivity index is 1.88. The van der Waals surface area contributed by atoms with Gasteiger partial charge in [-0.15, -0.1) is 0 Å². The Morgan fingerprint density at radius 1 is 0.783 bits per heavy atom. The largest absolute Gasteiger partial charge is 0.378 e. The molecule has 0 radical (unpaired) electrons. The first-order chi connectivity index (χ1) is 11.0. The van der Waals surface area contributed by atoms with Crippen LogP contribution in [0.5, 0.6) is 0 Å². The summed E-state index contributed by atoms with van der Waals surface area (Å²) in [7, 11) is 0. The van der Waals surface area contributed by atoms with Crippen molar-refractivity contribution in [3.63, 3.8) is 0 Å². The minimum absolute atomic E-state index is 0.105. The van der Waals surface area contributed by atoms with Crippen LogP contribution < -0.4 is 15.1 Å². The quantitative estimate of drug-likeness (QED) is 0.874. The van der Waals surface area contributed by atoms with E-state index < -0.39 is 0 Å². The first kappa shape index (κ1) is 16.2. The predicted molar refractivity (Wildman–Crippen MR) is 89.3 cm³/mol. The Morgan fingerprint density at radius 2 is 1.22 bits per heavy atom. The maximum atomic E-state index is 5.42. The van der Waals surface area contributed by atoms with Gasteiger partial charge in [-0.3, -0.25) is 0 Å². The number of hydrogen-bond acceptors (Lipinski definition) is 8. The summed E-state index contributed by atoms with van der Waals surface area (Å²) in [6, 6.07) is 0. The molecule has 0 atom stereocenters. The fraction of sp³-hybridized carbons (Fsp3) is 0.800. The van der Waals surface area contributed by atoms with Crippen LogP contribution in [0.15, 0.2) is 0 Å². The van der Waals surface area contributed by atoms with Crippen molar-refractivity contribution in [1.29, 1.82) is 0 Å². The van der Waals surface area contributed by atoms with Gasteiger partial charge in [0.25, 0.3) is 0 Å². The van der Waals surface area contributed by atoms with Gasteiger partial charge in [0.1, 0.15) is 0 Å². The lowest BCUT2D eigenvalue weighted by molar-refractivity contribution is 0.121. The average Bonchev–Trinajstić information content (AvgIpc) is 2.55. The summed E-state index contributed by atoms with van der Waals surface area (Å²) in [5.74, 6) is 2.06. The lowest BCUT2D eigenvalue weighted by Gasteiger charge is -2.31. The van der Waals surface area contributed by atoms with Gasteiger partial charge in [0.15, 0.2) is 0 Å². The molecule has 2 saturated heterocycles. The van der Waals surface area contributed by atoms with Crippen LogP contribution in [0, 0.1) is 0 Å². The summed E-state index contributed by atoms with van der Waals surface area (Å²) < 4.78 is 10.8. The van der Waals surface area contributed by atoms with Gasteiger partial charge < -0.3 is 24.6 Å². The van der Waals surface area contributed by atoms with Gasteiger partial charge in [0, 0.05) is 31.7 Å². The molecule has 0 amide bonds. The summed E-state index contributed by atoms with van der Waals surface area (Å²) in [4.78, 5) is 18.2. The molecule has 0 bridgehead atoms. The first-order valence-corrected chi connectivity index (χ1v) is 8.21. The highest BCUT2D eigenvalue weighted by Gasteiger charge is 2.22. The van der Waals surface area contributed by atoms with Gasteiger partial charge >= 0.3 is 0 Å². The molecule has 0 saturated carbocycles. The Labute approximate surface area is 137 Å². The van der Waals surface area contributed by atoms with E-state index in [0.29, 0.717) is 32.4 Å². The van der Waals surface area contributed by atoms with Crippen LogP contribution in [-0.2, 0) is 9.47 Å². The zero-order chi connectivity index (χ0) is 16.3. The molecule has 8 nitrogen and oxygen atoms in total. The molecule has 2 fully saturated rings. The number of ether oxygens (including phenoxy) is 2. The minimum Gasteiger partial charge on any atom is -0.378 e. The number of hydrogen-bond donors (Lipinski definition) is 1. The second kappa shape index (κ2) is 6.84. The Hall–Kier alpha value is -1.67. The third kappa shape index (κ3) is 4.42. The molecule has 0 aromatic carbocycles. The highest BCUT2D eigenvalue weighted by molar-refractivity contribution is 5.46. The summed E-state index contributed by atoms with van der Waals surface area (Å²) >= 11 is 0. The van der Waals surface area contributed by atoms with Crippen LogP contribution in [0.1, 0.15) is 20.8 Å². The number of morpholine rings is 2. The number of rotatable bonds is 3. The molecule has 0 aliphatic carbocycles. The molecule has 2 aliphatic rings. The van der Waals surface area contributed by atoms with Crippen molar-refractivity contribution in [1.82, 2.24) is 15.0 Å². The van der Waals surface area contributed by atoms with E-state index in [-0.39, 0.29) is 5.54 Å². The van der Waals surface area contributed by atoms with Crippen molar-refractivity contribution >= 4 is 17.8 Å². The molecular weight excluding hydrogens is 296 g/mol. The maximum Gasteiger partial charge on any atom is 0.232 e. The average molecular weight is 322 g/mol. The standard InChI is InChI=1S/C15H26N6O2/c1-15(2,3)19-12-16-13(20-4-8-22-9-5-20)18-14(17-12)21-6-10-23-11-7-21/h4-11H2,1-3H3,(H,16,17,18,19). The minimum atomic E-state index is -0.105. The molecule has 128 valence electrons. The van der Waals surface area contributed by atoms with Gasteiger partial charge in [0.2, 0.25) is 17.8 Å². The molecule has 0 unspecified atom stereocenters. The highest BCUT2D eigenvalue weighted by atomic mass is 16.5. The van der Waals surface area contributed by atoms with Crippen molar-refractivity contribution in [2.24, 2.45) is 0 Å². The zero-order valence-corrected chi connectivity index (χ0v) is 14.2. The van der Waals surface area contributed by atoms with E-state index in [9.17, 15) is 0 Å². The fourth-order valence-electron chi connectivity index (χ4n) is 2.55. The molecule has 23 heavy (non-hydrogen) atoms. The number of nitrogens with one attached hydrogen (secondary N) is 1. The van der Waals surface area contributed by atoms with Crippen molar-refractivity contribution < 1.29 is 9.47 Å². The first-order valence-electron chi connectivity index (χ1n) is 8.21. The molecule has 1 N–H and O–H groups in total. The second-order valence-electron chi connectivity index (χ2n) is 6.83. The summed E-state index contributed by atoms with van der Waals surface area (Å²) in [6.45, 7) is 12.4. The maximum absolute atomic E-state index is 5.42. The molecule has 3 heterocycles. The van der Waals surface area contributed by atoms with Crippen LogP contribution in [0.4, 0.5) is 17.8 Å². The second-order valence-corrected chi connectivity index (χ2v) is 6.83. The molecule has 1 aromatic heterocycles. The van der Waals surface area contributed by atoms with Gasteiger partial charge in [-0.25, -0.2) is 0 Å². The van der Waals surface area contributed by atoms with Crippen molar-refractivity contribution in [2.45, 2.75) is 26.3 Å². The van der Waals surface area contributed by atoms with E-state index >= 15 is 0 Å².